The smallest absolute Gasteiger partial charge is 0.368 e. The molecule has 0 aromatic rings. The van der Waals surface area contributed by atoms with E-state index in [2.05, 4.69) is 18.5 Å². The summed E-state index contributed by atoms with van der Waals surface area (Å²) in [6.45, 7) is -0.747. The molecule has 85 valence electrons. The Morgan fingerprint density at radius 2 is 1.53 bits per heavy atom. The summed E-state index contributed by atoms with van der Waals surface area (Å²) in [5.74, 6) is -1.67. The highest BCUT2D eigenvalue weighted by molar-refractivity contribution is 7.33. The molecule has 7 nitrogen and oxygen atoms in total. The fourth-order valence-electron chi connectivity index (χ4n) is 1.11. The van der Waals surface area contributed by atoms with Crippen molar-refractivity contribution in [2.75, 3.05) is 27.4 Å². The Labute approximate surface area is 86.6 Å². The lowest BCUT2D eigenvalue weighted by atomic mass is 9.90. The second kappa shape index (κ2) is 4.65. The number of hydrogen-bond acceptors (Lipinski definition) is 7. The predicted molar refractivity (Wildman–Crippen MR) is 46.0 cm³/mol. The first-order valence-electron chi connectivity index (χ1n) is 3.97. The van der Waals surface area contributed by atoms with Gasteiger partial charge < -0.3 is 9.47 Å². The van der Waals surface area contributed by atoms with E-state index in [1.54, 1.807) is 0 Å². The van der Waals surface area contributed by atoms with Gasteiger partial charge in [0, 0.05) is 0 Å². The van der Waals surface area contributed by atoms with Gasteiger partial charge in [-0.2, -0.15) is 0 Å². The van der Waals surface area contributed by atoms with Crippen LogP contribution in [-0.4, -0.2) is 39.4 Å². The summed E-state index contributed by atoms with van der Waals surface area (Å²) in [4.78, 5) is 22.8. The van der Waals surface area contributed by atoms with E-state index in [1.165, 1.54) is 0 Å². The molecule has 1 heterocycles. The van der Waals surface area contributed by atoms with Crippen molar-refractivity contribution in [3.63, 3.8) is 0 Å². The molecule has 0 amide bonds. The maximum absolute atomic E-state index is 11.4. The van der Waals surface area contributed by atoms with Gasteiger partial charge in [-0.05, 0) is 0 Å². The SMILES string of the molecule is COC(=O)C1(C(=O)OC)CO[P](=O)OC1. The number of methoxy groups -OCH3 is 2. The molecule has 1 fully saturated rings. The molecule has 8 heteroatoms. The van der Waals surface area contributed by atoms with Gasteiger partial charge in [0.05, 0.1) is 27.4 Å². The molecular formula is C7H10O7P. The van der Waals surface area contributed by atoms with Crippen LogP contribution in [0.5, 0.6) is 0 Å². The zero-order chi connectivity index (χ0) is 11.5. The Kier molecular flexibility index (Phi) is 3.73. The van der Waals surface area contributed by atoms with Crippen LogP contribution in [0.25, 0.3) is 0 Å². The third-order valence-electron chi connectivity index (χ3n) is 1.98. The van der Waals surface area contributed by atoms with Crippen LogP contribution < -0.4 is 0 Å². The number of ether oxygens (including phenoxy) is 2. The van der Waals surface area contributed by atoms with Gasteiger partial charge in [0.15, 0.2) is 0 Å². The Hall–Kier alpha value is -1.04. The Morgan fingerprint density at radius 3 is 1.87 bits per heavy atom. The van der Waals surface area contributed by atoms with Crippen LogP contribution in [0.3, 0.4) is 0 Å². The summed E-state index contributed by atoms with van der Waals surface area (Å²) >= 11 is 0. The standard InChI is InChI=1S/C7H10O7P/c1-11-5(8)7(6(9)12-2)3-13-15(10)14-4-7/h3-4H2,1-2H3. The van der Waals surface area contributed by atoms with Crippen molar-refractivity contribution in [2.24, 2.45) is 5.41 Å². The van der Waals surface area contributed by atoms with Crippen LogP contribution in [0.1, 0.15) is 0 Å². The van der Waals surface area contributed by atoms with Gasteiger partial charge in [-0.15, -0.1) is 0 Å². The minimum absolute atomic E-state index is 0.373. The van der Waals surface area contributed by atoms with E-state index in [1.807, 2.05) is 0 Å². The minimum Gasteiger partial charge on any atom is -0.468 e. The summed E-state index contributed by atoms with van der Waals surface area (Å²) in [5.41, 5.74) is -1.67. The molecule has 0 atom stereocenters. The Balaban J connectivity index is 2.92. The lowest BCUT2D eigenvalue weighted by Gasteiger charge is -2.29. The molecule has 0 bridgehead atoms. The van der Waals surface area contributed by atoms with E-state index in [0.717, 1.165) is 14.2 Å². The highest BCUT2D eigenvalue weighted by Crippen LogP contribution is 2.38. The first-order valence-corrected chi connectivity index (χ1v) is 5.06. The molecule has 1 saturated heterocycles. The van der Waals surface area contributed by atoms with E-state index >= 15 is 0 Å². The van der Waals surface area contributed by atoms with Gasteiger partial charge in [0.1, 0.15) is 0 Å². The van der Waals surface area contributed by atoms with Crippen molar-refractivity contribution < 1.29 is 32.7 Å². The molecule has 0 aliphatic carbocycles. The fraction of sp³-hybridized carbons (Fsp3) is 0.714. The number of carbonyl (C=O) groups excluding carboxylic acids is 2. The van der Waals surface area contributed by atoms with Crippen LogP contribution >= 0.6 is 8.25 Å². The summed E-state index contributed by atoms with van der Waals surface area (Å²) < 4.78 is 28.9. The van der Waals surface area contributed by atoms with Crippen LogP contribution in [0, 0.1) is 5.41 Å². The largest absolute Gasteiger partial charge is 0.468 e. The third-order valence-corrected chi connectivity index (χ3v) is 2.66. The maximum atomic E-state index is 11.4. The molecule has 0 saturated carbocycles. The van der Waals surface area contributed by atoms with Crippen LogP contribution in [0.15, 0.2) is 0 Å². The molecule has 1 aliphatic heterocycles. The molecule has 1 aliphatic rings. The lowest BCUT2D eigenvalue weighted by molar-refractivity contribution is -0.176. The van der Waals surface area contributed by atoms with Gasteiger partial charge in [0.2, 0.25) is 5.41 Å². The molecule has 0 unspecified atom stereocenters. The quantitative estimate of drug-likeness (QED) is 0.380. The first-order chi connectivity index (χ1) is 7.06. The zero-order valence-electron chi connectivity index (χ0n) is 8.22. The van der Waals surface area contributed by atoms with E-state index in [9.17, 15) is 14.2 Å². The van der Waals surface area contributed by atoms with Gasteiger partial charge >= 0.3 is 20.2 Å². The predicted octanol–water partition coefficient (Wildman–Crippen LogP) is 0.0230. The molecule has 1 radical (unpaired) electrons. The van der Waals surface area contributed by atoms with E-state index in [-0.39, 0.29) is 13.2 Å². The third kappa shape index (κ3) is 2.14. The number of hydrogen-bond donors (Lipinski definition) is 0. The van der Waals surface area contributed by atoms with Crippen molar-refractivity contribution in [1.29, 1.82) is 0 Å². The van der Waals surface area contributed by atoms with Crippen molar-refractivity contribution in [3.05, 3.63) is 0 Å². The molecule has 0 aromatic heterocycles. The van der Waals surface area contributed by atoms with Gasteiger partial charge in [0.25, 0.3) is 0 Å². The molecule has 15 heavy (non-hydrogen) atoms. The number of rotatable bonds is 2. The number of esters is 2. The second-order valence-corrected chi connectivity index (χ2v) is 3.80. The molecule has 1 rings (SSSR count). The summed E-state index contributed by atoms with van der Waals surface area (Å²) in [7, 11) is -0.0220. The Bertz CT molecular complexity index is 272. The van der Waals surface area contributed by atoms with Crippen LogP contribution in [0.2, 0.25) is 0 Å². The highest BCUT2D eigenvalue weighted by atomic mass is 31.1. The average Bonchev–Trinajstić information content (AvgIpc) is 2.28. The topological polar surface area (TPSA) is 88.1 Å². The van der Waals surface area contributed by atoms with Crippen LogP contribution in [-0.2, 0) is 32.7 Å². The lowest BCUT2D eigenvalue weighted by Crippen LogP contribution is -2.49. The van der Waals surface area contributed by atoms with Crippen molar-refractivity contribution in [3.8, 4) is 0 Å². The minimum atomic E-state index is -2.28. The fourth-order valence-corrected chi connectivity index (χ4v) is 1.84. The zero-order valence-corrected chi connectivity index (χ0v) is 9.11. The van der Waals surface area contributed by atoms with E-state index < -0.39 is 25.6 Å². The van der Waals surface area contributed by atoms with Crippen molar-refractivity contribution in [2.45, 2.75) is 0 Å². The van der Waals surface area contributed by atoms with Gasteiger partial charge in [-0.25, -0.2) is 4.57 Å². The maximum Gasteiger partial charge on any atom is 0.368 e. The molecule has 0 spiro atoms. The summed E-state index contributed by atoms with van der Waals surface area (Å²) in [6, 6.07) is 0. The van der Waals surface area contributed by atoms with Gasteiger partial charge in [-0.3, -0.25) is 18.6 Å². The summed E-state index contributed by atoms with van der Waals surface area (Å²) in [5, 5.41) is 0. The normalized spacial score (nSPS) is 19.5. The Morgan fingerprint density at radius 1 is 1.13 bits per heavy atom. The molecule has 0 N–H and O–H groups in total. The monoisotopic (exact) mass is 237 g/mol. The van der Waals surface area contributed by atoms with Crippen molar-refractivity contribution >= 4 is 20.2 Å². The van der Waals surface area contributed by atoms with Crippen LogP contribution in [0.4, 0.5) is 0 Å². The second-order valence-electron chi connectivity index (χ2n) is 2.84. The van der Waals surface area contributed by atoms with Gasteiger partial charge in [-0.1, -0.05) is 0 Å². The van der Waals surface area contributed by atoms with E-state index in [0.29, 0.717) is 0 Å². The van der Waals surface area contributed by atoms with E-state index in [4.69, 9.17) is 0 Å². The van der Waals surface area contributed by atoms with Crippen molar-refractivity contribution in [1.82, 2.24) is 0 Å². The average molecular weight is 237 g/mol. The highest BCUT2D eigenvalue weighted by Gasteiger charge is 2.52. The molecule has 0 aromatic carbocycles. The molecular weight excluding hydrogens is 227 g/mol. The first kappa shape index (κ1) is 12.0. The number of carbonyl (C=O) groups is 2. The summed E-state index contributed by atoms with van der Waals surface area (Å²) in [6.07, 6.45) is 0.